The summed E-state index contributed by atoms with van der Waals surface area (Å²) in [5.41, 5.74) is 10.4. The van der Waals surface area contributed by atoms with E-state index >= 15 is 0 Å². The highest BCUT2D eigenvalue weighted by Gasteiger charge is 2.27. The average Bonchev–Trinajstić information content (AvgIpc) is 3.57. The van der Waals surface area contributed by atoms with E-state index in [-0.39, 0.29) is 28.9 Å². The Morgan fingerprint density at radius 3 is 2.28 bits per heavy atom. The van der Waals surface area contributed by atoms with Gasteiger partial charge in [-0.15, -0.1) is 0 Å². The van der Waals surface area contributed by atoms with Crippen molar-refractivity contribution in [2.24, 2.45) is 0 Å². The minimum atomic E-state index is -0.380. The van der Waals surface area contributed by atoms with Crippen molar-refractivity contribution in [3.05, 3.63) is 88.4 Å². The van der Waals surface area contributed by atoms with E-state index in [0.717, 1.165) is 30.5 Å². The summed E-state index contributed by atoms with van der Waals surface area (Å²) in [7, 11) is 0. The fourth-order valence-electron chi connectivity index (χ4n) is 4.51. The van der Waals surface area contributed by atoms with Crippen LogP contribution in [0, 0.1) is 23.0 Å². The SMILES string of the molecule is N#Cc1c(CCCNC(=O)c2nn(-c3ccc(F)cc3)c3c2CCC3)nn(-c2ccc(F)cc2)c1N. The van der Waals surface area contributed by atoms with Gasteiger partial charge in [0, 0.05) is 17.8 Å². The van der Waals surface area contributed by atoms with E-state index in [9.17, 15) is 18.8 Å². The Kier molecular flexibility index (Phi) is 6.21. The maximum absolute atomic E-state index is 13.3. The van der Waals surface area contributed by atoms with Gasteiger partial charge in [0.25, 0.3) is 5.91 Å². The van der Waals surface area contributed by atoms with E-state index in [1.54, 1.807) is 16.8 Å². The first kappa shape index (κ1) is 23.2. The molecular formula is C26H23F2N7O. The Balaban J connectivity index is 1.26. The van der Waals surface area contributed by atoms with E-state index in [2.05, 4.69) is 21.6 Å². The number of hydrogen-bond acceptors (Lipinski definition) is 5. The van der Waals surface area contributed by atoms with Crippen LogP contribution in [-0.2, 0) is 19.3 Å². The van der Waals surface area contributed by atoms with Crippen LogP contribution >= 0.6 is 0 Å². The van der Waals surface area contributed by atoms with Crippen molar-refractivity contribution in [3.8, 4) is 17.4 Å². The van der Waals surface area contributed by atoms with Gasteiger partial charge >= 0.3 is 0 Å². The molecule has 36 heavy (non-hydrogen) atoms. The Labute approximate surface area is 206 Å². The molecule has 4 aromatic rings. The number of fused-ring (bicyclic) bond motifs is 1. The van der Waals surface area contributed by atoms with Gasteiger partial charge in [0.1, 0.15) is 29.1 Å². The van der Waals surface area contributed by atoms with Crippen LogP contribution < -0.4 is 11.1 Å². The first-order chi connectivity index (χ1) is 17.5. The number of carbonyl (C=O) groups is 1. The lowest BCUT2D eigenvalue weighted by Crippen LogP contribution is -2.26. The zero-order valence-electron chi connectivity index (χ0n) is 19.3. The monoisotopic (exact) mass is 487 g/mol. The number of anilines is 1. The number of nitrogens with one attached hydrogen (secondary N) is 1. The Hall–Kier alpha value is -4.52. The Bertz CT molecular complexity index is 1460. The summed E-state index contributed by atoms with van der Waals surface area (Å²) in [6.45, 7) is 0.352. The van der Waals surface area contributed by atoms with Gasteiger partial charge in [0.15, 0.2) is 5.69 Å². The zero-order valence-corrected chi connectivity index (χ0v) is 19.3. The molecule has 0 unspecified atom stereocenters. The largest absolute Gasteiger partial charge is 0.382 e. The highest BCUT2D eigenvalue weighted by molar-refractivity contribution is 5.94. The van der Waals surface area contributed by atoms with E-state index in [4.69, 9.17) is 5.73 Å². The van der Waals surface area contributed by atoms with Crippen LogP contribution in [0.5, 0.6) is 0 Å². The third-order valence-electron chi connectivity index (χ3n) is 6.27. The molecule has 0 bridgehead atoms. The summed E-state index contributed by atoms with van der Waals surface area (Å²) in [5.74, 6) is -0.797. The fourth-order valence-corrected chi connectivity index (χ4v) is 4.51. The van der Waals surface area contributed by atoms with Gasteiger partial charge in [-0.05, 0) is 80.6 Å². The molecule has 2 aromatic carbocycles. The first-order valence-corrected chi connectivity index (χ1v) is 11.6. The summed E-state index contributed by atoms with van der Waals surface area (Å²) in [4.78, 5) is 12.9. The standard InChI is InChI=1S/C26H23F2N7O/c27-16-6-10-18(11-7-16)34-23-5-1-3-20(23)24(33-34)26(36)31-14-2-4-22-21(15-29)25(30)35(32-22)19-12-8-17(28)9-13-19/h6-13H,1-5,14,30H2,(H,31,36). The van der Waals surface area contributed by atoms with E-state index < -0.39 is 0 Å². The molecule has 0 atom stereocenters. The van der Waals surface area contributed by atoms with Crippen LogP contribution in [0.3, 0.4) is 0 Å². The molecule has 0 saturated carbocycles. The zero-order chi connectivity index (χ0) is 25.2. The Morgan fingerprint density at radius 1 is 1.00 bits per heavy atom. The number of amides is 1. The molecule has 0 aliphatic heterocycles. The van der Waals surface area contributed by atoms with E-state index in [0.29, 0.717) is 42.1 Å². The third kappa shape index (κ3) is 4.31. The molecule has 2 heterocycles. The highest BCUT2D eigenvalue weighted by atomic mass is 19.1. The molecule has 10 heteroatoms. The summed E-state index contributed by atoms with van der Waals surface area (Å²) < 4.78 is 29.7. The molecule has 0 fully saturated rings. The number of carbonyl (C=O) groups excluding carboxylic acids is 1. The normalized spacial score (nSPS) is 12.4. The van der Waals surface area contributed by atoms with Crippen LogP contribution in [0.2, 0.25) is 0 Å². The van der Waals surface area contributed by atoms with Gasteiger partial charge in [0.2, 0.25) is 0 Å². The van der Waals surface area contributed by atoms with Gasteiger partial charge in [-0.2, -0.15) is 15.5 Å². The quantitative estimate of drug-likeness (QED) is 0.386. The molecule has 3 N–H and O–H groups in total. The smallest absolute Gasteiger partial charge is 0.272 e. The van der Waals surface area contributed by atoms with Crippen LogP contribution in [-0.4, -0.2) is 32.0 Å². The number of nitrogens with zero attached hydrogens (tertiary/aromatic N) is 5. The van der Waals surface area contributed by atoms with Gasteiger partial charge in [0.05, 0.1) is 17.1 Å². The third-order valence-corrected chi connectivity index (χ3v) is 6.27. The highest BCUT2D eigenvalue weighted by Crippen LogP contribution is 2.28. The number of nitriles is 1. The van der Waals surface area contributed by atoms with Gasteiger partial charge in [-0.25, -0.2) is 18.1 Å². The van der Waals surface area contributed by atoms with Crippen LogP contribution in [0.4, 0.5) is 14.6 Å². The maximum atomic E-state index is 13.3. The summed E-state index contributed by atoms with van der Waals surface area (Å²) in [6.07, 6.45) is 3.46. The van der Waals surface area contributed by atoms with Crippen molar-refractivity contribution in [3.63, 3.8) is 0 Å². The van der Waals surface area contributed by atoms with Crippen molar-refractivity contribution in [2.45, 2.75) is 32.1 Å². The summed E-state index contributed by atoms with van der Waals surface area (Å²) >= 11 is 0. The second-order valence-corrected chi connectivity index (χ2v) is 8.58. The van der Waals surface area contributed by atoms with Crippen LogP contribution in [0.1, 0.15) is 45.8 Å². The van der Waals surface area contributed by atoms with Crippen LogP contribution in [0.25, 0.3) is 11.4 Å². The number of hydrogen-bond donors (Lipinski definition) is 2. The molecule has 0 spiro atoms. The van der Waals surface area contributed by atoms with Gasteiger partial charge < -0.3 is 11.1 Å². The lowest BCUT2D eigenvalue weighted by molar-refractivity contribution is 0.0947. The molecule has 0 radical (unpaired) electrons. The minimum absolute atomic E-state index is 0.185. The minimum Gasteiger partial charge on any atom is -0.382 e. The molecule has 1 aliphatic rings. The van der Waals surface area contributed by atoms with Crippen molar-refractivity contribution in [2.75, 3.05) is 12.3 Å². The molecule has 1 aliphatic carbocycles. The van der Waals surface area contributed by atoms with Gasteiger partial charge in [-0.1, -0.05) is 0 Å². The molecular weight excluding hydrogens is 464 g/mol. The van der Waals surface area contributed by atoms with Crippen molar-refractivity contribution < 1.29 is 13.6 Å². The van der Waals surface area contributed by atoms with Crippen molar-refractivity contribution in [1.82, 2.24) is 24.9 Å². The summed E-state index contributed by atoms with van der Waals surface area (Å²) in [5, 5.41) is 21.4. The fraction of sp³-hybridized carbons (Fsp3) is 0.231. The number of aryl methyl sites for hydroxylation is 1. The molecule has 182 valence electrons. The second-order valence-electron chi connectivity index (χ2n) is 8.58. The molecule has 1 amide bonds. The lowest BCUT2D eigenvalue weighted by atomic mass is 10.1. The molecule has 0 saturated heterocycles. The number of nitrogen functional groups attached to an aromatic ring is 1. The first-order valence-electron chi connectivity index (χ1n) is 11.6. The van der Waals surface area contributed by atoms with Gasteiger partial charge in [-0.3, -0.25) is 4.79 Å². The van der Waals surface area contributed by atoms with Crippen molar-refractivity contribution >= 4 is 11.7 Å². The predicted octanol–water partition coefficient (Wildman–Crippen LogP) is 3.64. The second kappa shape index (κ2) is 9.62. The van der Waals surface area contributed by atoms with Crippen molar-refractivity contribution in [1.29, 1.82) is 5.26 Å². The molecule has 5 rings (SSSR count). The van der Waals surface area contributed by atoms with E-state index in [1.807, 2.05) is 0 Å². The number of aromatic nitrogens is 4. The number of rotatable bonds is 7. The maximum Gasteiger partial charge on any atom is 0.272 e. The average molecular weight is 488 g/mol. The number of halogens is 2. The molecule has 2 aromatic heterocycles. The van der Waals surface area contributed by atoms with Crippen LogP contribution in [0.15, 0.2) is 48.5 Å². The number of benzene rings is 2. The summed E-state index contributed by atoms with van der Waals surface area (Å²) in [6, 6.07) is 13.8. The Morgan fingerprint density at radius 2 is 1.64 bits per heavy atom. The topological polar surface area (TPSA) is 115 Å². The van der Waals surface area contributed by atoms with E-state index in [1.165, 1.54) is 41.1 Å². The molecule has 8 nitrogen and oxygen atoms in total. The number of nitrogens with two attached hydrogens (primary N) is 1. The lowest BCUT2D eigenvalue weighted by Gasteiger charge is -2.05. The predicted molar refractivity (Wildman–Crippen MR) is 129 cm³/mol.